The van der Waals surface area contributed by atoms with Gasteiger partial charge in [-0.3, -0.25) is 24.6 Å². The number of benzene rings is 2. The molecule has 2 amide bonds. The summed E-state index contributed by atoms with van der Waals surface area (Å²) in [5.41, 5.74) is 4.23. The largest absolute Gasteiger partial charge is 0.419 e. The number of anilines is 2. The van der Waals surface area contributed by atoms with Crippen LogP contribution in [0.2, 0.25) is 0 Å². The standard InChI is InChI=1S/C35H40F3N7O3/c36-35(37,38)28-19-40-34(41-20-28)42-29-11-15-45(16-12-29)30-5-1-23(2-6-30)21-44-13-9-24(10-14-44)25-3-4-26(22-46)27(17-25)18-39-31-7-8-32(47)43-33(31)48/h1-6,17,19-20,22,24,29,31,39H,7-16,18,21H2,(H,40,41,42)(H,43,47,48). The first-order chi connectivity index (χ1) is 23.1. The Morgan fingerprint density at radius 1 is 0.917 bits per heavy atom. The molecule has 3 saturated heterocycles. The van der Waals surface area contributed by atoms with Crippen LogP contribution in [0, 0.1) is 0 Å². The van der Waals surface area contributed by atoms with Crippen molar-refractivity contribution in [1.29, 1.82) is 0 Å². The Morgan fingerprint density at radius 2 is 1.62 bits per heavy atom. The number of rotatable bonds is 10. The van der Waals surface area contributed by atoms with Crippen LogP contribution >= 0.6 is 0 Å². The zero-order valence-electron chi connectivity index (χ0n) is 26.6. The topological polar surface area (TPSA) is 120 Å². The minimum atomic E-state index is -4.45. The van der Waals surface area contributed by atoms with Gasteiger partial charge in [0.05, 0.1) is 11.6 Å². The van der Waals surface area contributed by atoms with Gasteiger partial charge in [0.25, 0.3) is 0 Å². The van der Waals surface area contributed by atoms with Crippen molar-refractivity contribution in [3.05, 3.63) is 82.7 Å². The van der Waals surface area contributed by atoms with E-state index in [2.05, 4.69) is 66.0 Å². The number of carbonyl (C=O) groups is 3. The summed E-state index contributed by atoms with van der Waals surface area (Å²) in [5.74, 6) is 0.0399. The van der Waals surface area contributed by atoms with Crippen molar-refractivity contribution in [3.63, 3.8) is 0 Å². The summed E-state index contributed by atoms with van der Waals surface area (Å²) in [5, 5.41) is 8.75. The number of halogens is 3. The average molecular weight is 664 g/mol. The Morgan fingerprint density at radius 3 is 2.27 bits per heavy atom. The van der Waals surface area contributed by atoms with E-state index in [1.165, 1.54) is 11.1 Å². The van der Waals surface area contributed by atoms with Gasteiger partial charge in [-0.25, -0.2) is 9.97 Å². The molecule has 0 radical (unpaired) electrons. The lowest BCUT2D eigenvalue weighted by Crippen LogP contribution is -2.50. The number of amides is 2. The van der Waals surface area contributed by atoms with Gasteiger partial charge >= 0.3 is 6.18 Å². The van der Waals surface area contributed by atoms with Crippen LogP contribution in [0.3, 0.4) is 0 Å². The van der Waals surface area contributed by atoms with E-state index in [1.807, 2.05) is 12.1 Å². The second kappa shape index (κ2) is 14.8. The third-order valence-corrected chi connectivity index (χ3v) is 9.65. The van der Waals surface area contributed by atoms with E-state index in [4.69, 9.17) is 0 Å². The highest BCUT2D eigenvalue weighted by molar-refractivity contribution is 6.00. The second-order valence-electron chi connectivity index (χ2n) is 12.9. The molecule has 1 unspecified atom stereocenters. The number of nitrogens with one attached hydrogen (secondary N) is 3. The molecule has 0 spiro atoms. The molecule has 48 heavy (non-hydrogen) atoms. The Labute approximate surface area is 277 Å². The molecule has 3 aromatic rings. The van der Waals surface area contributed by atoms with Crippen molar-refractivity contribution in [1.82, 2.24) is 25.5 Å². The molecule has 0 aliphatic carbocycles. The van der Waals surface area contributed by atoms with Crippen LogP contribution in [0.5, 0.6) is 0 Å². The van der Waals surface area contributed by atoms with Crippen molar-refractivity contribution < 1.29 is 27.6 Å². The van der Waals surface area contributed by atoms with E-state index >= 15 is 0 Å². The van der Waals surface area contributed by atoms with Gasteiger partial charge in [-0.05, 0) is 79.9 Å². The first kappa shape index (κ1) is 33.5. The van der Waals surface area contributed by atoms with Crippen LogP contribution in [-0.2, 0) is 28.9 Å². The number of likely N-dealkylation sites (tertiary alicyclic amines) is 1. The zero-order valence-corrected chi connectivity index (χ0v) is 26.6. The van der Waals surface area contributed by atoms with Crippen molar-refractivity contribution in [2.75, 3.05) is 36.4 Å². The summed E-state index contributed by atoms with van der Waals surface area (Å²) >= 11 is 0. The third-order valence-electron chi connectivity index (χ3n) is 9.65. The lowest BCUT2D eigenvalue weighted by molar-refractivity contribution is -0.138. The fourth-order valence-corrected chi connectivity index (χ4v) is 6.78. The van der Waals surface area contributed by atoms with Crippen LogP contribution < -0.4 is 20.9 Å². The number of aromatic nitrogens is 2. The summed E-state index contributed by atoms with van der Waals surface area (Å²) in [4.78, 5) is 47.8. The molecule has 3 aliphatic rings. The van der Waals surface area contributed by atoms with Gasteiger partial charge in [-0.2, -0.15) is 13.2 Å². The fraction of sp³-hybridized carbons (Fsp3) is 0.457. The lowest BCUT2D eigenvalue weighted by atomic mass is 9.87. The molecule has 2 aromatic carbocycles. The number of hydrogen-bond donors (Lipinski definition) is 3. The van der Waals surface area contributed by atoms with Crippen LogP contribution in [0.25, 0.3) is 0 Å². The van der Waals surface area contributed by atoms with E-state index in [1.54, 1.807) is 0 Å². The molecular weight excluding hydrogens is 623 g/mol. The summed E-state index contributed by atoms with van der Waals surface area (Å²) in [6, 6.07) is 14.3. The molecule has 1 aromatic heterocycles. The minimum Gasteiger partial charge on any atom is -0.371 e. The summed E-state index contributed by atoms with van der Waals surface area (Å²) in [7, 11) is 0. The highest BCUT2D eigenvalue weighted by atomic mass is 19.4. The van der Waals surface area contributed by atoms with Crippen molar-refractivity contribution >= 4 is 29.7 Å². The Hall–Kier alpha value is -4.36. The van der Waals surface area contributed by atoms with Gasteiger partial charge in [0.15, 0.2) is 0 Å². The summed E-state index contributed by atoms with van der Waals surface area (Å²) in [6.45, 7) is 4.85. The fourth-order valence-electron chi connectivity index (χ4n) is 6.78. The molecule has 3 fully saturated rings. The Balaban J connectivity index is 0.951. The normalized spacial score (nSPS) is 20.1. The maximum absolute atomic E-state index is 12.8. The highest BCUT2D eigenvalue weighted by Crippen LogP contribution is 2.31. The van der Waals surface area contributed by atoms with Crippen molar-refractivity contribution in [2.45, 2.75) is 75.8 Å². The monoisotopic (exact) mass is 663 g/mol. The number of hydrogen-bond acceptors (Lipinski definition) is 9. The number of nitrogens with zero attached hydrogens (tertiary/aromatic N) is 4. The molecule has 0 bridgehead atoms. The number of imide groups is 1. The quantitative estimate of drug-likeness (QED) is 0.210. The first-order valence-corrected chi connectivity index (χ1v) is 16.5. The predicted molar refractivity (Wildman–Crippen MR) is 174 cm³/mol. The van der Waals surface area contributed by atoms with Gasteiger partial charge in [0.1, 0.15) is 6.29 Å². The molecular formula is C35H40F3N7O3. The molecule has 3 aliphatic heterocycles. The smallest absolute Gasteiger partial charge is 0.371 e. The minimum absolute atomic E-state index is 0.101. The van der Waals surface area contributed by atoms with E-state index in [0.717, 1.165) is 88.3 Å². The van der Waals surface area contributed by atoms with E-state index in [0.29, 0.717) is 30.9 Å². The number of carbonyl (C=O) groups excluding carboxylic acids is 3. The van der Waals surface area contributed by atoms with Gasteiger partial charge in [0.2, 0.25) is 17.8 Å². The van der Waals surface area contributed by atoms with Crippen molar-refractivity contribution in [2.24, 2.45) is 0 Å². The van der Waals surface area contributed by atoms with Gasteiger partial charge in [0, 0.05) is 62.3 Å². The van der Waals surface area contributed by atoms with E-state index in [-0.39, 0.29) is 23.8 Å². The first-order valence-electron chi connectivity index (χ1n) is 16.5. The zero-order chi connectivity index (χ0) is 33.7. The van der Waals surface area contributed by atoms with Gasteiger partial charge in [-0.1, -0.05) is 30.3 Å². The van der Waals surface area contributed by atoms with Gasteiger partial charge in [-0.15, -0.1) is 0 Å². The number of alkyl halides is 3. The van der Waals surface area contributed by atoms with Crippen LogP contribution in [0.1, 0.15) is 77.1 Å². The van der Waals surface area contributed by atoms with Crippen LogP contribution in [0.4, 0.5) is 24.8 Å². The summed E-state index contributed by atoms with van der Waals surface area (Å²) < 4.78 is 38.3. The number of aldehydes is 1. The maximum atomic E-state index is 12.8. The van der Waals surface area contributed by atoms with Crippen LogP contribution in [0.15, 0.2) is 54.9 Å². The Bertz CT molecular complexity index is 1580. The predicted octanol–water partition coefficient (Wildman–Crippen LogP) is 4.66. The average Bonchev–Trinajstić information content (AvgIpc) is 3.09. The molecule has 4 heterocycles. The molecule has 10 nitrogen and oxygen atoms in total. The molecule has 13 heteroatoms. The molecule has 1 atom stereocenters. The van der Waals surface area contributed by atoms with Crippen LogP contribution in [-0.4, -0.2) is 71.2 Å². The summed E-state index contributed by atoms with van der Waals surface area (Å²) in [6.07, 6.45) is 2.46. The molecule has 254 valence electrons. The van der Waals surface area contributed by atoms with E-state index < -0.39 is 17.8 Å². The Kier molecular flexibility index (Phi) is 10.4. The second-order valence-corrected chi connectivity index (χ2v) is 12.9. The van der Waals surface area contributed by atoms with Crippen molar-refractivity contribution in [3.8, 4) is 0 Å². The number of piperidine rings is 3. The molecule has 3 N–H and O–H groups in total. The molecule has 6 rings (SSSR count). The third kappa shape index (κ3) is 8.37. The maximum Gasteiger partial charge on any atom is 0.419 e. The van der Waals surface area contributed by atoms with E-state index in [9.17, 15) is 27.6 Å². The lowest BCUT2D eigenvalue weighted by Gasteiger charge is -2.34. The highest BCUT2D eigenvalue weighted by Gasteiger charge is 2.32. The van der Waals surface area contributed by atoms with Gasteiger partial charge < -0.3 is 15.5 Å². The SMILES string of the molecule is O=Cc1ccc(C2CCN(Cc3ccc(N4CCC(Nc5ncc(C(F)(F)F)cn5)CC4)cc3)CC2)cc1CNC1CCC(=O)NC1=O. The molecule has 0 saturated carbocycles.